The molecule has 0 saturated heterocycles. The van der Waals surface area contributed by atoms with Crippen molar-refractivity contribution in [3.63, 3.8) is 0 Å². The van der Waals surface area contributed by atoms with Crippen LogP contribution in [0.15, 0.2) is 12.3 Å². The van der Waals surface area contributed by atoms with Crippen molar-refractivity contribution in [3.05, 3.63) is 23.5 Å². The van der Waals surface area contributed by atoms with E-state index in [4.69, 9.17) is 11.5 Å². The number of pyridine rings is 1. The minimum atomic E-state index is -0.527. The molecule has 0 unspecified atom stereocenters. The zero-order valence-corrected chi connectivity index (χ0v) is 8.66. The summed E-state index contributed by atoms with van der Waals surface area (Å²) in [6.45, 7) is 5.88. The highest BCUT2D eigenvalue weighted by atomic mass is 16.1. The molecule has 1 rings (SSSR count). The van der Waals surface area contributed by atoms with Crippen molar-refractivity contribution < 1.29 is 4.79 Å². The molecule has 14 heavy (non-hydrogen) atoms. The number of nitrogen functional groups attached to an aromatic ring is 1. The van der Waals surface area contributed by atoms with Crippen LogP contribution in [0.5, 0.6) is 0 Å². The molecule has 0 aliphatic carbocycles. The fourth-order valence-electron chi connectivity index (χ4n) is 1.30. The molecule has 0 saturated carbocycles. The molecule has 0 fully saturated rings. The van der Waals surface area contributed by atoms with Crippen LogP contribution in [0.4, 0.5) is 5.69 Å². The Morgan fingerprint density at radius 1 is 1.43 bits per heavy atom. The molecule has 0 aliphatic rings. The normalized spacial score (nSPS) is 11.4. The van der Waals surface area contributed by atoms with Crippen LogP contribution in [0.25, 0.3) is 0 Å². The van der Waals surface area contributed by atoms with Crippen molar-refractivity contribution in [1.82, 2.24) is 4.98 Å². The first-order chi connectivity index (χ1) is 6.34. The molecule has 4 nitrogen and oxygen atoms in total. The second kappa shape index (κ2) is 3.29. The summed E-state index contributed by atoms with van der Waals surface area (Å²) in [5, 5.41) is 0. The number of hydrogen-bond acceptors (Lipinski definition) is 3. The molecule has 1 aromatic rings. The average molecular weight is 193 g/mol. The number of hydrogen-bond donors (Lipinski definition) is 2. The van der Waals surface area contributed by atoms with Gasteiger partial charge in [-0.15, -0.1) is 0 Å². The van der Waals surface area contributed by atoms with E-state index in [1.54, 1.807) is 12.3 Å². The molecular formula is C10H15N3O. The number of carbonyl (C=O) groups excluding carboxylic acids is 1. The smallest absolute Gasteiger partial charge is 0.252 e. The van der Waals surface area contributed by atoms with Gasteiger partial charge in [0.2, 0.25) is 0 Å². The fourth-order valence-corrected chi connectivity index (χ4v) is 1.30. The topological polar surface area (TPSA) is 82.0 Å². The third-order valence-electron chi connectivity index (χ3n) is 1.94. The summed E-state index contributed by atoms with van der Waals surface area (Å²) in [5.41, 5.74) is 12.1. The molecule has 4 heteroatoms. The van der Waals surface area contributed by atoms with Crippen molar-refractivity contribution >= 4 is 11.6 Å². The van der Waals surface area contributed by atoms with Crippen molar-refractivity contribution in [2.24, 2.45) is 5.73 Å². The number of rotatable bonds is 1. The molecule has 0 atom stereocenters. The first-order valence-corrected chi connectivity index (χ1v) is 4.39. The maximum atomic E-state index is 11.2. The summed E-state index contributed by atoms with van der Waals surface area (Å²) >= 11 is 0. The Labute approximate surface area is 83.3 Å². The third kappa shape index (κ3) is 1.84. The summed E-state index contributed by atoms with van der Waals surface area (Å²) in [6, 6.07) is 1.58. The zero-order valence-electron chi connectivity index (χ0n) is 8.66. The largest absolute Gasteiger partial charge is 0.398 e. The van der Waals surface area contributed by atoms with Crippen LogP contribution in [0.2, 0.25) is 0 Å². The van der Waals surface area contributed by atoms with Crippen LogP contribution in [-0.4, -0.2) is 10.9 Å². The molecule has 0 bridgehead atoms. The van der Waals surface area contributed by atoms with Gasteiger partial charge in [-0.05, 0) is 6.07 Å². The second-order valence-corrected chi connectivity index (χ2v) is 4.24. The predicted molar refractivity (Wildman–Crippen MR) is 55.9 cm³/mol. The average Bonchev–Trinajstić information content (AvgIpc) is 2.01. The lowest BCUT2D eigenvalue weighted by Crippen LogP contribution is -2.24. The highest BCUT2D eigenvalue weighted by Gasteiger charge is 2.23. The van der Waals surface area contributed by atoms with E-state index < -0.39 is 5.91 Å². The van der Waals surface area contributed by atoms with E-state index in [1.165, 1.54) is 0 Å². The summed E-state index contributed by atoms with van der Waals surface area (Å²) in [4.78, 5) is 15.3. The van der Waals surface area contributed by atoms with Crippen LogP contribution in [0.1, 0.15) is 36.8 Å². The Morgan fingerprint density at radius 2 is 2.00 bits per heavy atom. The van der Waals surface area contributed by atoms with E-state index in [-0.39, 0.29) is 5.41 Å². The molecule has 0 spiro atoms. The van der Waals surface area contributed by atoms with Gasteiger partial charge in [0.15, 0.2) is 0 Å². The quantitative estimate of drug-likeness (QED) is 0.699. The Balaban J connectivity index is 3.44. The van der Waals surface area contributed by atoms with Gasteiger partial charge in [-0.1, -0.05) is 20.8 Å². The lowest BCUT2D eigenvalue weighted by molar-refractivity contribution is 0.0998. The van der Waals surface area contributed by atoms with Gasteiger partial charge in [0, 0.05) is 17.3 Å². The highest BCUT2D eigenvalue weighted by molar-refractivity contribution is 5.99. The van der Waals surface area contributed by atoms with E-state index in [2.05, 4.69) is 4.98 Å². The molecule has 1 heterocycles. The van der Waals surface area contributed by atoms with E-state index in [9.17, 15) is 4.79 Å². The third-order valence-corrected chi connectivity index (χ3v) is 1.94. The molecular weight excluding hydrogens is 178 g/mol. The maximum Gasteiger partial charge on any atom is 0.252 e. The van der Waals surface area contributed by atoms with E-state index >= 15 is 0 Å². The van der Waals surface area contributed by atoms with Crippen LogP contribution < -0.4 is 11.5 Å². The van der Waals surface area contributed by atoms with Gasteiger partial charge in [-0.25, -0.2) is 0 Å². The standard InChI is InChI=1S/C10H15N3O/c1-10(2,3)8-7(9(12)14)6(11)4-5-13-8/h4-5H,1-3H3,(H2,11,13)(H2,12,14). The molecule has 1 amide bonds. The van der Waals surface area contributed by atoms with Gasteiger partial charge >= 0.3 is 0 Å². The van der Waals surface area contributed by atoms with E-state index in [0.717, 1.165) is 0 Å². The number of carbonyl (C=O) groups is 1. The summed E-state index contributed by atoms with van der Waals surface area (Å²) in [7, 11) is 0. The van der Waals surface area contributed by atoms with Crippen molar-refractivity contribution in [2.75, 3.05) is 5.73 Å². The Morgan fingerprint density at radius 3 is 2.36 bits per heavy atom. The Hall–Kier alpha value is -1.58. The summed E-state index contributed by atoms with van der Waals surface area (Å²) in [5.74, 6) is -0.527. The van der Waals surface area contributed by atoms with Gasteiger partial charge in [-0.2, -0.15) is 0 Å². The monoisotopic (exact) mass is 193 g/mol. The van der Waals surface area contributed by atoms with Crippen molar-refractivity contribution in [1.29, 1.82) is 0 Å². The molecule has 0 aromatic carbocycles. The predicted octanol–water partition coefficient (Wildman–Crippen LogP) is 1.06. The highest BCUT2D eigenvalue weighted by Crippen LogP contribution is 2.26. The van der Waals surface area contributed by atoms with Crippen LogP contribution in [0, 0.1) is 0 Å². The minimum Gasteiger partial charge on any atom is -0.398 e. The number of aromatic nitrogens is 1. The second-order valence-electron chi connectivity index (χ2n) is 4.24. The molecule has 4 N–H and O–H groups in total. The van der Waals surface area contributed by atoms with Gasteiger partial charge in [0.1, 0.15) is 0 Å². The van der Waals surface area contributed by atoms with Crippen LogP contribution >= 0.6 is 0 Å². The number of amides is 1. The number of nitrogens with zero attached hydrogens (tertiary/aromatic N) is 1. The van der Waals surface area contributed by atoms with Crippen molar-refractivity contribution in [3.8, 4) is 0 Å². The number of anilines is 1. The fraction of sp³-hybridized carbons (Fsp3) is 0.400. The molecule has 1 aromatic heterocycles. The van der Waals surface area contributed by atoms with Gasteiger partial charge in [-0.3, -0.25) is 9.78 Å². The summed E-state index contributed by atoms with van der Waals surface area (Å²) < 4.78 is 0. The van der Waals surface area contributed by atoms with Gasteiger partial charge in [0.05, 0.1) is 11.3 Å². The van der Waals surface area contributed by atoms with Crippen molar-refractivity contribution in [2.45, 2.75) is 26.2 Å². The van der Waals surface area contributed by atoms with E-state index in [1.807, 2.05) is 20.8 Å². The number of primary amides is 1. The zero-order chi connectivity index (χ0) is 10.9. The number of nitrogens with two attached hydrogens (primary N) is 2. The summed E-state index contributed by atoms with van der Waals surface area (Å²) in [6.07, 6.45) is 1.59. The molecule has 0 radical (unpaired) electrons. The first kappa shape index (κ1) is 10.5. The molecule has 0 aliphatic heterocycles. The lowest BCUT2D eigenvalue weighted by atomic mass is 9.87. The molecule has 76 valence electrons. The van der Waals surface area contributed by atoms with Gasteiger partial charge in [0.25, 0.3) is 5.91 Å². The maximum absolute atomic E-state index is 11.2. The first-order valence-electron chi connectivity index (χ1n) is 4.39. The van der Waals surface area contributed by atoms with E-state index in [0.29, 0.717) is 16.9 Å². The Bertz CT molecular complexity index is 366. The Kier molecular flexibility index (Phi) is 2.47. The van der Waals surface area contributed by atoms with Crippen LogP contribution in [-0.2, 0) is 5.41 Å². The van der Waals surface area contributed by atoms with Gasteiger partial charge < -0.3 is 11.5 Å². The minimum absolute atomic E-state index is 0.236. The lowest BCUT2D eigenvalue weighted by Gasteiger charge is -2.20. The van der Waals surface area contributed by atoms with Crippen LogP contribution in [0.3, 0.4) is 0 Å². The SMILES string of the molecule is CC(C)(C)c1nccc(N)c1C(N)=O.